The van der Waals surface area contributed by atoms with Crippen molar-refractivity contribution in [2.45, 2.75) is 19.5 Å². The molecule has 0 saturated heterocycles. The van der Waals surface area contributed by atoms with E-state index in [1.54, 1.807) is 13.4 Å². The number of aromatic nitrogens is 4. The van der Waals surface area contributed by atoms with Crippen molar-refractivity contribution in [3.63, 3.8) is 0 Å². The van der Waals surface area contributed by atoms with Crippen molar-refractivity contribution in [1.82, 2.24) is 23.6 Å². The number of imidazole rings is 1. The van der Waals surface area contributed by atoms with Gasteiger partial charge in [0.1, 0.15) is 0 Å². The Hall–Kier alpha value is -3.11. The first-order valence-electron chi connectivity index (χ1n) is 8.83. The molecule has 0 bridgehead atoms. The highest BCUT2D eigenvalue weighted by molar-refractivity contribution is 5.69. The monoisotopic (exact) mass is 365 g/mol. The third kappa shape index (κ3) is 3.86. The topological polar surface area (TPSA) is 65.1 Å². The minimum Gasteiger partial charge on any atom is -0.325 e. The van der Waals surface area contributed by atoms with Gasteiger partial charge >= 0.3 is 5.69 Å². The molecule has 0 radical (unpaired) electrons. The smallest absolute Gasteiger partial charge is 0.325 e. The summed E-state index contributed by atoms with van der Waals surface area (Å²) in [6, 6.07) is 10.2. The van der Waals surface area contributed by atoms with Gasteiger partial charge in [0, 0.05) is 33.7 Å². The van der Waals surface area contributed by atoms with Crippen LogP contribution in [0, 0.1) is 12.3 Å². The summed E-state index contributed by atoms with van der Waals surface area (Å²) in [5, 5.41) is 0. The van der Waals surface area contributed by atoms with E-state index in [0.29, 0.717) is 24.3 Å². The number of benzene rings is 1. The standard InChI is InChI=1S/C20H23N5O2/c1-4-11-24(14-16-9-6-5-7-10-16)12-8-13-25-15-21-18-17(25)19(26)23(3)20(27)22(18)2/h1,5-7,9-10,15H,8,11-14H2,2-3H3. The molecule has 0 saturated carbocycles. The number of aryl methyl sites for hydroxylation is 2. The van der Waals surface area contributed by atoms with Gasteiger partial charge in [-0.15, -0.1) is 6.42 Å². The van der Waals surface area contributed by atoms with Gasteiger partial charge in [-0.2, -0.15) is 0 Å². The average Bonchev–Trinajstić information content (AvgIpc) is 3.10. The van der Waals surface area contributed by atoms with Gasteiger partial charge in [-0.1, -0.05) is 36.3 Å². The maximum atomic E-state index is 12.5. The van der Waals surface area contributed by atoms with Crippen molar-refractivity contribution in [3.05, 3.63) is 63.1 Å². The van der Waals surface area contributed by atoms with E-state index in [9.17, 15) is 9.59 Å². The molecule has 0 amide bonds. The molecule has 1 aromatic carbocycles. The van der Waals surface area contributed by atoms with Gasteiger partial charge in [0.2, 0.25) is 0 Å². The summed E-state index contributed by atoms with van der Waals surface area (Å²) in [6.07, 6.45) is 7.94. The van der Waals surface area contributed by atoms with E-state index in [4.69, 9.17) is 6.42 Å². The Balaban J connectivity index is 1.74. The highest BCUT2D eigenvalue weighted by Crippen LogP contribution is 2.08. The summed E-state index contributed by atoms with van der Waals surface area (Å²) in [6.45, 7) is 2.77. The van der Waals surface area contributed by atoms with E-state index in [0.717, 1.165) is 24.1 Å². The van der Waals surface area contributed by atoms with E-state index in [2.05, 4.69) is 27.9 Å². The number of nitrogens with zero attached hydrogens (tertiary/aromatic N) is 5. The molecule has 0 aliphatic heterocycles. The van der Waals surface area contributed by atoms with Gasteiger partial charge in [-0.25, -0.2) is 9.78 Å². The molecule has 0 unspecified atom stereocenters. The second kappa shape index (κ2) is 8.06. The van der Waals surface area contributed by atoms with Crippen LogP contribution >= 0.6 is 0 Å². The lowest BCUT2D eigenvalue weighted by molar-refractivity contribution is 0.289. The SMILES string of the molecule is C#CCN(CCCn1cnc2c1c(=O)n(C)c(=O)n2C)Cc1ccccc1. The minimum absolute atomic E-state index is 0.324. The molecule has 0 aliphatic carbocycles. The fourth-order valence-corrected chi connectivity index (χ4v) is 3.22. The Morgan fingerprint density at radius 3 is 2.59 bits per heavy atom. The maximum absolute atomic E-state index is 12.5. The molecule has 0 spiro atoms. The fourth-order valence-electron chi connectivity index (χ4n) is 3.22. The lowest BCUT2D eigenvalue weighted by Gasteiger charge is -2.20. The largest absolute Gasteiger partial charge is 0.332 e. The number of fused-ring (bicyclic) bond motifs is 1. The van der Waals surface area contributed by atoms with Crippen LogP contribution in [-0.4, -0.2) is 36.7 Å². The summed E-state index contributed by atoms with van der Waals surface area (Å²) in [4.78, 5) is 30.9. The van der Waals surface area contributed by atoms with Crippen molar-refractivity contribution >= 4 is 11.2 Å². The van der Waals surface area contributed by atoms with Crippen LogP contribution in [0.5, 0.6) is 0 Å². The Labute approximate surface area is 157 Å². The van der Waals surface area contributed by atoms with E-state index in [-0.39, 0.29) is 11.2 Å². The summed E-state index contributed by atoms with van der Waals surface area (Å²) in [7, 11) is 3.10. The van der Waals surface area contributed by atoms with Crippen LogP contribution in [0.15, 0.2) is 46.2 Å². The highest BCUT2D eigenvalue weighted by Gasteiger charge is 2.14. The zero-order chi connectivity index (χ0) is 19.4. The van der Waals surface area contributed by atoms with E-state index >= 15 is 0 Å². The predicted octanol–water partition coefficient (Wildman–Crippen LogP) is 0.959. The van der Waals surface area contributed by atoms with Crippen LogP contribution in [0.2, 0.25) is 0 Å². The zero-order valence-electron chi connectivity index (χ0n) is 15.6. The normalized spacial score (nSPS) is 11.2. The van der Waals surface area contributed by atoms with Crippen LogP contribution in [0.3, 0.4) is 0 Å². The maximum Gasteiger partial charge on any atom is 0.332 e. The molecule has 3 rings (SSSR count). The summed E-state index contributed by atoms with van der Waals surface area (Å²) in [5.74, 6) is 2.71. The van der Waals surface area contributed by atoms with Gasteiger partial charge < -0.3 is 4.57 Å². The summed E-state index contributed by atoms with van der Waals surface area (Å²) >= 11 is 0. The number of hydrogen-bond donors (Lipinski definition) is 0. The molecule has 2 heterocycles. The van der Waals surface area contributed by atoms with Crippen LogP contribution in [-0.2, 0) is 27.2 Å². The predicted molar refractivity (Wildman–Crippen MR) is 105 cm³/mol. The molecule has 140 valence electrons. The molecular formula is C20H23N5O2. The number of terminal acetylenes is 1. The van der Waals surface area contributed by atoms with Crippen LogP contribution < -0.4 is 11.2 Å². The first-order chi connectivity index (χ1) is 13.0. The zero-order valence-corrected chi connectivity index (χ0v) is 15.6. The third-order valence-electron chi connectivity index (χ3n) is 4.65. The van der Waals surface area contributed by atoms with E-state index < -0.39 is 0 Å². The molecule has 0 atom stereocenters. The van der Waals surface area contributed by atoms with Crippen molar-refractivity contribution in [2.75, 3.05) is 13.1 Å². The fraction of sp³-hybridized carbons (Fsp3) is 0.350. The molecule has 0 fully saturated rings. The van der Waals surface area contributed by atoms with Gasteiger partial charge in [-0.05, 0) is 12.0 Å². The first-order valence-corrected chi connectivity index (χ1v) is 8.83. The van der Waals surface area contributed by atoms with Crippen LogP contribution in [0.25, 0.3) is 11.2 Å². The number of rotatable bonds is 7. The summed E-state index contributed by atoms with van der Waals surface area (Å²) < 4.78 is 4.32. The average molecular weight is 365 g/mol. The Morgan fingerprint density at radius 2 is 1.89 bits per heavy atom. The van der Waals surface area contributed by atoms with Gasteiger partial charge in [0.25, 0.3) is 5.56 Å². The molecule has 7 nitrogen and oxygen atoms in total. The first kappa shape index (κ1) is 18.7. The molecule has 27 heavy (non-hydrogen) atoms. The van der Waals surface area contributed by atoms with Gasteiger partial charge in [0.15, 0.2) is 11.2 Å². The molecule has 2 aromatic heterocycles. The van der Waals surface area contributed by atoms with E-state index in [1.165, 1.54) is 17.2 Å². The van der Waals surface area contributed by atoms with Crippen molar-refractivity contribution in [3.8, 4) is 12.3 Å². The Morgan fingerprint density at radius 1 is 1.15 bits per heavy atom. The lowest BCUT2D eigenvalue weighted by Crippen LogP contribution is -2.37. The number of hydrogen-bond acceptors (Lipinski definition) is 4. The Bertz CT molecular complexity index is 1090. The quantitative estimate of drug-likeness (QED) is 0.585. The van der Waals surface area contributed by atoms with Gasteiger partial charge in [0.05, 0.1) is 12.9 Å². The van der Waals surface area contributed by atoms with Gasteiger partial charge in [-0.3, -0.25) is 18.8 Å². The third-order valence-corrected chi connectivity index (χ3v) is 4.65. The van der Waals surface area contributed by atoms with Crippen LogP contribution in [0.1, 0.15) is 12.0 Å². The summed E-state index contributed by atoms with van der Waals surface area (Å²) in [5.41, 5.74) is 1.37. The minimum atomic E-state index is -0.374. The van der Waals surface area contributed by atoms with E-state index in [1.807, 2.05) is 22.8 Å². The highest BCUT2D eigenvalue weighted by atomic mass is 16.2. The van der Waals surface area contributed by atoms with Crippen LogP contribution in [0.4, 0.5) is 0 Å². The molecule has 3 aromatic rings. The second-order valence-corrected chi connectivity index (χ2v) is 6.57. The Kier molecular flexibility index (Phi) is 5.57. The lowest BCUT2D eigenvalue weighted by atomic mass is 10.2. The molecular weight excluding hydrogens is 342 g/mol. The van der Waals surface area contributed by atoms with Crippen molar-refractivity contribution < 1.29 is 0 Å². The second-order valence-electron chi connectivity index (χ2n) is 6.57. The molecule has 0 N–H and O–H groups in total. The van der Waals surface area contributed by atoms with Crippen molar-refractivity contribution in [2.24, 2.45) is 14.1 Å². The van der Waals surface area contributed by atoms with Crippen molar-refractivity contribution in [1.29, 1.82) is 0 Å². The molecule has 0 aliphatic rings. The molecule has 7 heteroatoms.